The van der Waals surface area contributed by atoms with E-state index in [-0.39, 0.29) is 5.41 Å². The molecule has 1 rings (SSSR count). The van der Waals surface area contributed by atoms with Gasteiger partial charge in [0.2, 0.25) is 0 Å². The maximum atomic E-state index is 9.40. The van der Waals surface area contributed by atoms with E-state index in [0.717, 1.165) is 44.8 Å². The quantitative estimate of drug-likeness (QED) is 0.618. The van der Waals surface area contributed by atoms with Crippen molar-refractivity contribution in [3.63, 3.8) is 0 Å². The molecule has 0 unspecified atom stereocenters. The number of ether oxygens (including phenoxy) is 1. The van der Waals surface area contributed by atoms with Crippen LogP contribution in [0.2, 0.25) is 0 Å². The molecule has 0 saturated heterocycles. The van der Waals surface area contributed by atoms with E-state index in [2.05, 4.69) is 19.9 Å². The van der Waals surface area contributed by atoms with Crippen molar-refractivity contribution < 1.29 is 4.74 Å². The van der Waals surface area contributed by atoms with Crippen molar-refractivity contribution in [2.24, 2.45) is 11.3 Å². The van der Waals surface area contributed by atoms with Gasteiger partial charge in [-0.2, -0.15) is 5.26 Å². The summed E-state index contributed by atoms with van der Waals surface area (Å²) in [5, 5.41) is 9.40. The van der Waals surface area contributed by atoms with Crippen LogP contribution in [-0.4, -0.2) is 13.2 Å². The molecule has 1 aliphatic carbocycles. The van der Waals surface area contributed by atoms with Gasteiger partial charge >= 0.3 is 0 Å². The molecule has 1 fully saturated rings. The molecule has 0 aromatic rings. The highest BCUT2D eigenvalue weighted by molar-refractivity contribution is 5.01. The number of rotatable bonds is 7. The van der Waals surface area contributed by atoms with Gasteiger partial charge in [-0.05, 0) is 44.4 Å². The first-order valence-corrected chi connectivity index (χ1v) is 7.25. The molecule has 0 aromatic carbocycles. The Morgan fingerprint density at radius 2 is 1.94 bits per heavy atom. The molecule has 0 N–H and O–H groups in total. The molecule has 1 aliphatic rings. The molecule has 0 aliphatic heterocycles. The van der Waals surface area contributed by atoms with Crippen molar-refractivity contribution in [3.05, 3.63) is 0 Å². The SMILES string of the molecule is CCCCOCCC1(C#N)CCC(CC)CC1. The van der Waals surface area contributed by atoms with Gasteiger partial charge in [0.25, 0.3) is 0 Å². The van der Waals surface area contributed by atoms with E-state index < -0.39 is 0 Å². The normalized spacial score (nSPS) is 28.9. The van der Waals surface area contributed by atoms with Crippen LogP contribution in [0.25, 0.3) is 0 Å². The standard InChI is InChI=1S/C15H27NO/c1-3-5-11-17-12-10-15(13-16)8-6-14(4-2)7-9-15/h14H,3-12H2,1-2H3. The van der Waals surface area contributed by atoms with E-state index in [4.69, 9.17) is 4.74 Å². The Morgan fingerprint density at radius 3 is 2.47 bits per heavy atom. The van der Waals surface area contributed by atoms with Crippen LogP contribution < -0.4 is 0 Å². The first-order chi connectivity index (χ1) is 8.26. The zero-order valence-corrected chi connectivity index (χ0v) is 11.5. The van der Waals surface area contributed by atoms with Crippen molar-refractivity contribution in [2.45, 2.75) is 65.2 Å². The van der Waals surface area contributed by atoms with E-state index in [1.54, 1.807) is 0 Å². The summed E-state index contributed by atoms with van der Waals surface area (Å²) >= 11 is 0. The third kappa shape index (κ3) is 4.68. The fourth-order valence-corrected chi connectivity index (χ4v) is 2.67. The zero-order valence-electron chi connectivity index (χ0n) is 11.5. The smallest absolute Gasteiger partial charge is 0.0690 e. The van der Waals surface area contributed by atoms with Crippen LogP contribution in [0.4, 0.5) is 0 Å². The van der Waals surface area contributed by atoms with E-state index in [1.165, 1.54) is 25.7 Å². The molecular formula is C15H27NO. The Hall–Kier alpha value is -0.550. The van der Waals surface area contributed by atoms with Crippen molar-refractivity contribution in [2.75, 3.05) is 13.2 Å². The lowest BCUT2D eigenvalue weighted by Gasteiger charge is -2.34. The van der Waals surface area contributed by atoms with Gasteiger partial charge in [-0.25, -0.2) is 0 Å². The summed E-state index contributed by atoms with van der Waals surface area (Å²) in [5.41, 5.74) is -0.0715. The maximum absolute atomic E-state index is 9.40. The predicted molar refractivity (Wildman–Crippen MR) is 70.6 cm³/mol. The molecule has 0 bridgehead atoms. The molecule has 0 aromatic heterocycles. The highest BCUT2D eigenvalue weighted by Gasteiger charge is 2.34. The summed E-state index contributed by atoms with van der Waals surface area (Å²) in [6.07, 6.45) is 9.16. The number of nitrogens with zero attached hydrogens (tertiary/aromatic N) is 1. The zero-order chi connectivity index (χ0) is 12.6. The molecule has 0 radical (unpaired) electrons. The third-order valence-corrected chi connectivity index (χ3v) is 4.24. The molecule has 0 spiro atoms. The Balaban J connectivity index is 2.26. The summed E-state index contributed by atoms with van der Waals surface area (Å²) in [5.74, 6) is 0.859. The molecule has 0 heterocycles. The topological polar surface area (TPSA) is 33.0 Å². The Morgan fingerprint density at radius 1 is 1.24 bits per heavy atom. The Labute approximate surface area is 106 Å². The highest BCUT2D eigenvalue weighted by atomic mass is 16.5. The van der Waals surface area contributed by atoms with Crippen LogP contribution in [0.5, 0.6) is 0 Å². The monoisotopic (exact) mass is 237 g/mol. The lowest BCUT2D eigenvalue weighted by molar-refractivity contribution is 0.0872. The minimum absolute atomic E-state index is 0.0715. The fraction of sp³-hybridized carbons (Fsp3) is 0.933. The van der Waals surface area contributed by atoms with E-state index in [0.29, 0.717) is 0 Å². The van der Waals surface area contributed by atoms with Gasteiger partial charge in [0.15, 0.2) is 0 Å². The number of hydrogen-bond donors (Lipinski definition) is 0. The minimum Gasteiger partial charge on any atom is -0.381 e. The largest absolute Gasteiger partial charge is 0.381 e. The Bertz CT molecular complexity index is 236. The number of hydrogen-bond acceptors (Lipinski definition) is 2. The van der Waals surface area contributed by atoms with Crippen LogP contribution in [0.3, 0.4) is 0 Å². The first kappa shape index (κ1) is 14.5. The maximum Gasteiger partial charge on any atom is 0.0690 e. The van der Waals surface area contributed by atoms with Gasteiger partial charge in [-0.1, -0.05) is 26.7 Å². The first-order valence-electron chi connectivity index (χ1n) is 7.25. The molecular weight excluding hydrogens is 210 g/mol. The van der Waals surface area contributed by atoms with Gasteiger partial charge in [0.05, 0.1) is 11.5 Å². The summed E-state index contributed by atoms with van der Waals surface area (Å²) in [6, 6.07) is 2.57. The summed E-state index contributed by atoms with van der Waals surface area (Å²) in [6.45, 7) is 6.06. The van der Waals surface area contributed by atoms with Crippen LogP contribution in [0.1, 0.15) is 65.2 Å². The van der Waals surface area contributed by atoms with Gasteiger partial charge in [0, 0.05) is 13.2 Å². The van der Waals surface area contributed by atoms with Crippen LogP contribution >= 0.6 is 0 Å². The molecule has 98 valence electrons. The summed E-state index contributed by atoms with van der Waals surface area (Å²) in [7, 11) is 0. The number of nitriles is 1. The Kier molecular flexibility index (Phi) is 6.58. The predicted octanol–water partition coefficient (Wildman–Crippen LogP) is 4.30. The fourth-order valence-electron chi connectivity index (χ4n) is 2.67. The lowest BCUT2D eigenvalue weighted by atomic mass is 9.69. The molecule has 0 amide bonds. The molecule has 2 heteroatoms. The molecule has 2 nitrogen and oxygen atoms in total. The molecule has 1 saturated carbocycles. The van der Waals surface area contributed by atoms with Gasteiger partial charge in [-0.15, -0.1) is 0 Å². The molecule has 17 heavy (non-hydrogen) atoms. The minimum atomic E-state index is -0.0715. The third-order valence-electron chi connectivity index (χ3n) is 4.24. The van der Waals surface area contributed by atoms with Crippen molar-refractivity contribution in [1.29, 1.82) is 5.26 Å². The van der Waals surface area contributed by atoms with E-state index in [1.807, 2.05) is 0 Å². The van der Waals surface area contributed by atoms with Crippen molar-refractivity contribution >= 4 is 0 Å². The summed E-state index contributed by atoms with van der Waals surface area (Å²) in [4.78, 5) is 0. The second-order valence-electron chi connectivity index (χ2n) is 5.46. The van der Waals surface area contributed by atoms with E-state index in [9.17, 15) is 5.26 Å². The van der Waals surface area contributed by atoms with Gasteiger partial charge in [0.1, 0.15) is 0 Å². The van der Waals surface area contributed by atoms with Gasteiger partial charge in [-0.3, -0.25) is 0 Å². The van der Waals surface area contributed by atoms with Crippen LogP contribution in [0, 0.1) is 22.7 Å². The van der Waals surface area contributed by atoms with Gasteiger partial charge < -0.3 is 4.74 Å². The van der Waals surface area contributed by atoms with E-state index >= 15 is 0 Å². The highest BCUT2D eigenvalue weighted by Crippen LogP contribution is 2.41. The average molecular weight is 237 g/mol. The average Bonchev–Trinajstić information content (AvgIpc) is 2.39. The second-order valence-corrected chi connectivity index (χ2v) is 5.46. The van der Waals surface area contributed by atoms with Crippen molar-refractivity contribution in [1.82, 2.24) is 0 Å². The summed E-state index contributed by atoms with van der Waals surface area (Å²) < 4.78 is 5.61. The van der Waals surface area contributed by atoms with Crippen molar-refractivity contribution in [3.8, 4) is 6.07 Å². The van der Waals surface area contributed by atoms with Crippen LogP contribution in [0.15, 0.2) is 0 Å². The lowest BCUT2D eigenvalue weighted by Crippen LogP contribution is -2.27. The molecule has 0 atom stereocenters. The van der Waals surface area contributed by atoms with Crippen LogP contribution in [-0.2, 0) is 4.74 Å². The number of unbranched alkanes of at least 4 members (excludes halogenated alkanes) is 1. The second kappa shape index (κ2) is 7.71.